The molecule has 0 heterocycles. The number of hydrogen-bond donors (Lipinski definition) is 0. The molecule has 1 aliphatic carbocycles. The molecule has 2 rings (SSSR count). The van der Waals surface area contributed by atoms with E-state index in [0.717, 1.165) is 24.8 Å². The fraction of sp³-hybridized carbons (Fsp3) is 0.684. The van der Waals surface area contributed by atoms with Crippen LogP contribution in [0.5, 0.6) is 5.75 Å². The predicted octanol–water partition coefficient (Wildman–Crippen LogP) is 4.28. The van der Waals surface area contributed by atoms with Crippen LogP contribution < -0.4 is 4.74 Å². The summed E-state index contributed by atoms with van der Waals surface area (Å²) >= 11 is 0. The van der Waals surface area contributed by atoms with Crippen LogP contribution in [0.2, 0.25) is 0 Å². The van der Waals surface area contributed by atoms with E-state index in [1.165, 1.54) is 31.2 Å². The molecule has 3 heteroatoms. The van der Waals surface area contributed by atoms with Crippen molar-refractivity contribution in [3.8, 4) is 5.75 Å². The molecule has 0 bridgehead atoms. The smallest absolute Gasteiger partial charge is 0.118 e. The van der Waals surface area contributed by atoms with Crippen LogP contribution in [-0.4, -0.2) is 38.3 Å². The SMILES string of the molecule is COc1ccc([C@H](C)N(C)CCO[C@@H]2CCCC[C@@H]2C)cc1. The van der Waals surface area contributed by atoms with E-state index in [0.29, 0.717) is 12.1 Å². The minimum atomic E-state index is 0.387. The molecule has 1 aromatic carbocycles. The van der Waals surface area contributed by atoms with Gasteiger partial charge in [-0.2, -0.15) is 0 Å². The van der Waals surface area contributed by atoms with Gasteiger partial charge < -0.3 is 9.47 Å². The Morgan fingerprint density at radius 2 is 1.86 bits per heavy atom. The van der Waals surface area contributed by atoms with Crippen molar-refractivity contribution in [2.24, 2.45) is 5.92 Å². The van der Waals surface area contributed by atoms with Gasteiger partial charge in [0.05, 0.1) is 19.8 Å². The molecule has 0 spiro atoms. The highest BCUT2D eigenvalue weighted by atomic mass is 16.5. The molecule has 0 amide bonds. The Hall–Kier alpha value is -1.06. The number of benzene rings is 1. The number of methoxy groups -OCH3 is 1. The first-order chi connectivity index (χ1) is 10.6. The number of hydrogen-bond acceptors (Lipinski definition) is 3. The van der Waals surface area contributed by atoms with Crippen LogP contribution in [0.4, 0.5) is 0 Å². The third kappa shape index (κ3) is 4.72. The molecule has 22 heavy (non-hydrogen) atoms. The highest BCUT2D eigenvalue weighted by Gasteiger charge is 2.22. The summed E-state index contributed by atoms with van der Waals surface area (Å²) in [6, 6.07) is 8.73. The van der Waals surface area contributed by atoms with Crippen molar-refractivity contribution in [1.82, 2.24) is 4.90 Å². The molecule has 1 fully saturated rings. The van der Waals surface area contributed by atoms with Gasteiger partial charge in [-0.1, -0.05) is 31.9 Å². The van der Waals surface area contributed by atoms with E-state index in [1.807, 2.05) is 12.1 Å². The second-order valence-corrected chi connectivity index (χ2v) is 6.60. The third-order valence-corrected chi connectivity index (χ3v) is 5.07. The van der Waals surface area contributed by atoms with Gasteiger partial charge in [0.1, 0.15) is 5.75 Å². The van der Waals surface area contributed by atoms with Crippen molar-refractivity contribution in [2.75, 3.05) is 27.3 Å². The first-order valence-corrected chi connectivity index (χ1v) is 8.57. The van der Waals surface area contributed by atoms with Crippen LogP contribution in [0.15, 0.2) is 24.3 Å². The molecule has 1 aliphatic rings. The van der Waals surface area contributed by atoms with Crippen LogP contribution in [-0.2, 0) is 4.74 Å². The summed E-state index contributed by atoms with van der Waals surface area (Å²) in [5.41, 5.74) is 1.31. The van der Waals surface area contributed by atoms with E-state index in [2.05, 4.69) is 37.9 Å². The molecule has 3 nitrogen and oxygen atoms in total. The Morgan fingerprint density at radius 1 is 1.18 bits per heavy atom. The molecule has 124 valence electrons. The molecule has 0 aliphatic heterocycles. The molecule has 0 radical (unpaired) electrons. The van der Waals surface area contributed by atoms with E-state index in [-0.39, 0.29) is 0 Å². The van der Waals surface area contributed by atoms with Crippen molar-refractivity contribution in [1.29, 1.82) is 0 Å². The summed E-state index contributed by atoms with van der Waals surface area (Å²) in [4.78, 5) is 2.36. The topological polar surface area (TPSA) is 21.7 Å². The second kappa shape index (κ2) is 8.54. The van der Waals surface area contributed by atoms with Gasteiger partial charge in [-0.05, 0) is 50.4 Å². The van der Waals surface area contributed by atoms with Crippen molar-refractivity contribution in [3.63, 3.8) is 0 Å². The molecular weight excluding hydrogens is 274 g/mol. The summed E-state index contributed by atoms with van der Waals surface area (Å²) in [5.74, 6) is 1.63. The molecule has 0 unspecified atom stereocenters. The normalized spacial score (nSPS) is 23.5. The number of rotatable bonds is 7. The summed E-state index contributed by atoms with van der Waals surface area (Å²) in [6.07, 6.45) is 5.72. The highest BCUT2D eigenvalue weighted by molar-refractivity contribution is 5.28. The average molecular weight is 305 g/mol. The van der Waals surface area contributed by atoms with Gasteiger partial charge in [0.15, 0.2) is 0 Å². The van der Waals surface area contributed by atoms with Crippen molar-refractivity contribution in [2.45, 2.75) is 51.7 Å². The van der Waals surface area contributed by atoms with Gasteiger partial charge in [-0.3, -0.25) is 4.90 Å². The first kappa shape index (κ1) is 17.3. The van der Waals surface area contributed by atoms with Crippen LogP contribution in [0.3, 0.4) is 0 Å². The lowest BCUT2D eigenvalue weighted by Gasteiger charge is -2.30. The fourth-order valence-electron chi connectivity index (χ4n) is 3.21. The zero-order valence-corrected chi connectivity index (χ0v) is 14.5. The Bertz CT molecular complexity index is 432. The van der Waals surface area contributed by atoms with Crippen molar-refractivity contribution in [3.05, 3.63) is 29.8 Å². The molecule has 1 aromatic rings. The molecule has 0 saturated heterocycles. The van der Waals surface area contributed by atoms with Gasteiger partial charge in [0.25, 0.3) is 0 Å². The van der Waals surface area contributed by atoms with E-state index < -0.39 is 0 Å². The maximum absolute atomic E-state index is 6.13. The Balaban J connectivity index is 1.76. The van der Waals surface area contributed by atoms with E-state index in [4.69, 9.17) is 9.47 Å². The number of nitrogens with zero attached hydrogens (tertiary/aromatic N) is 1. The van der Waals surface area contributed by atoms with Crippen LogP contribution in [0.25, 0.3) is 0 Å². The van der Waals surface area contributed by atoms with Gasteiger partial charge in [0, 0.05) is 12.6 Å². The Kier molecular flexibility index (Phi) is 6.71. The zero-order chi connectivity index (χ0) is 15.9. The monoisotopic (exact) mass is 305 g/mol. The standard InChI is InChI=1S/C19H31NO2/c1-15-7-5-6-8-19(15)22-14-13-20(3)16(2)17-9-11-18(21-4)12-10-17/h9-12,15-16,19H,5-8,13-14H2,1-4H3/t15-,16-,19+/m0/s1. The minimum absolute atomic E-state index is 0.387. The first-order valence-electron chi connectivity index (χ1n) is 8.57. The van der Waals surface area contributed by atoms with Gasteiger partial charge >= 0.3 is 0 Å². The van der Waals surface area contributed by atoms with Crippen LogP contribution >= 0.6 is 0 Å². The van der Waals surface area contributed by atoms with E-state index in [1.54, 1.807) is 7.11 Å². The summed E-state index contributed by atoms with van der Waals surface area (Å²) < 4.78 is 11.3. The lowest BCUT2D eigenvalue weighted by Crippen LogP contribution is -2.31. The summed E-state index contributed by atoms with van der Waals surface area (Å²) in [6.45, 7) is 6.36. The zero-order valence-electron chi connectivity index (χ0n) is 14.5. The maximum atomic E-state index is 6.13. The second-order valence-electron chi connectivity index (χ2n) is 6.60. The molecule has 0 N–H and O–H groups in total. The predicted molar refractivity (Wildman–Crippen MR) is 91.4 cm³/mol. The molecule has 1 saturated carbocycles. The molecule has 0 aromatic heterocycles. The maximum Gasteiger partial charge on any atom is 0.118 e. The number of ether oxygens (including phenoxy) is 2. The third-order valence-electron chi connectivity index (χ3n) is 5.07. The molecular formula is C19H31NO2. The van der Waals surface area contributed by atoms with Crippen molar-refractivity contribution < 1.29 is 9.47 Å². The van der Waals surface area contributed by atoms with Crippen LogP contribution in [0, 0.1) is 5.92 Å². The van der Waals surface area contributed by atoms with E-state index in [9.17, 15) is 0 Å². The highest BCUT2D eigenvalue weighted by Crippen LogP contribution is 2.26. The fourth-order valence-corrected chi connectivity index (χ4v) is 3.21. The Morgan fingerprint density at radius 3 is 2.50 bits per heavy atom. The summed E-state index contributed by atoms with van der Waals surface area (Å²) in [5, 5.41) is 0. The Labute approximate surface area is 135 Å². The minimum Gasteiger partial charge on any atom is -0.497 e. The number of likely N-dealkylation sites (N-methyl/N-ethyl adjacent to an activating group) is 1. The molecule has 3 atom stereocenters. The van der Waals surface area contributed by atoms with Gasteiger partial charge in [-0.25, -0.2) is 0 Å². The average Bonchev–Trinajstić information content (AvgIpc) is 2.56. The lowest BCUT2D eigenvalue weighted by molar-refractivity contribution is -0.0145. The van der Waals surface area contributed by atoms with E-state index >= 15 is 0 Å². The van der Waals surface area contributed by atoms with Gasteiger partial charge in [-0.15, -0.1) is 0 Å². The largest absolute Gasteiger partial charge is 0.497 e. The summed E-state index contributed by atoms with van der Waals surface area (Å²) in [7, 11) is 3.87. The lowest BCUT2D eigenvalue weighted by atomic mass is 9.88. The van der Waals surface area contributed by atoms with Gasteiger partial charge in [0.2, 0.25) is 0 Å². The van der Waals surface area contributed by atoms with Crippen LogP contribution in [0.1, 0.15) is 51.1 Å². The quantitative estimate of drug-likeness (QED) is 0.750. The van der Waals surface area contributed by atoms with Crippen molar-refractivity contribution >= 4 is 0 Å².